The molecule has 8 unspecified atom stereocenters. The molecule has 99 heavy (non-hydrogen) atoms. The summed E-state index contributed by atoms with van der Waals surface area (Å²) in [6.07, 6.45) is -43.3. The molecule has 8 fully saturated rings. The Bertz CT molecular complexity index is 2970. The zero-order valence-electron chi connectivity index (χ0n) is 52.3. The maximum atomic E-state index is 11.8. The van der Waals surface area contributed by atoms with Gasteiger partial charge in [0.25, 0.3) is 0 Å². The van der Waals surface area contributed by atoms with Gasteiger partial charge in [0.05, 0.1) is 101 Å². The van der Waals surface area contributed by atoms with Crippen molar-refractivity contribution in [2.24, 2.45) is 28.7 Å². The number of unbranched alkanes of at least 4 members (excludes halogenated alkanes) is 2. The third kappa shape index (κ3) is 23.9. The highest BCUT2D eigenvalue weighted by Crippen LogP contribution is 2.36. The second kappa shape index (κ2) is 36.3. The number of aliphatic hydroxyl groups excluding tert-OH is 9. The van der Waals surface area contributed by atoms with Crippen LogP contribution in [0.1, 0.15) is 44.9 Å². The largest absolute Gasteiger partial charge is 0.397 e. The van der Waals surface area contributed by atoms with Crippen molar-refractivity contribution in [3.05, 3.63) is 0 Å². The molecule has 0 aromatic heterocycles. The second-order valence-electron chi connectivity index (χ2n) is 24.3. The predicted molar refractivity (Wildman–Crippen MR) is 311 cm³/mol. The molecule has 0 amide bonds. The molecule has 8 heterocycles. The van der Waals surface area contributed by atoms with Crippen LogP contribution in [0.4, 0.5) is 0 Å². The van der Waals surface area contributed by atoms with Gasteiger partial charge in [-0.05, 0) is 25.8 Å². The molecule has 46 nitrogen and oxygen atoms in total. The topological polar surface area (TPSA) is 714 Å². The summed E-state index contributed by atoms with van der Waals surface area (Å²) in [5, 5.41) is 100. The fourth-order valence-corrected chi connectivity index (χ4v) is 12.8. The van der Waals surface area contributed by atoms with E-state index in [0.717, 1.165) is 12.8 Å². The highest BCUT2D eigenvalue weighted by molar-refractivity contribution is 7.81. The van der Waals surface area contributed by atoms with Crippen molar-refractivity contribution in [3.63, 3.8) is 0 Å². The minimum absolute atomic E-state index is 0.0210. The van der Waals surface area contributed by atoms with E-state index >= 15 is 0 Å². The Morgan fingerprint density at radius 1 is 0.343 bits per heavy atom. The van der Waals surface area contributed by atoms with Crippen LogP contribution in [0.2, 0.25) is 0 Å². The normalized spacial score (nSPS) is 44.0. The number of hydrogen-bond donors (Lipinski definition) is 18. The Morgan fingerprint density at radius 3 is 0.909 bits per heavy atom. The van der Waals surface area contributed by atoms with Crippen LogP contribution in [-0.4, -0.2) is 360 Å². The maximum Gasteiger partial charge on any atom is 0.397 e. The third-order valence-electron chi connectivity index (χ3n) is 17.0. The molecule has 0 aromatic rings. The van der Waals surface area contributed by atoms with E-state index in [0.29, 0.717) is 19.6 Å². The fraction of sp³-hybridized carbons (Fsp3) is 1.00. The van der Waals surface area contributed by atoms with Crippen molar-refractivity contribution in [1.82, 2.24) is 0 Å². The van der Waals surface area contributed by atoms with E-state index in [9.17, 15) is 93.3 Å². The van der Waals surface area contributed by atoms with Crippen molar-refractivity contribution in [2.75, 3.05) is 66.0 Å². The van der Waals surface area contributed by atoms with Crippen LogP contribution in [0.5, 0.6) is 0 Å². The molecular formula is C49H89N5O41S4. The summed E-state index contributed by atoms with van der Waals surface area (Å²) in [6, 6.07) is -6.23. The highest BCUT2D eigenvalue weighted by atomic mass is 32.3. The van der Waals surface area contributed by atoms with E-state index in [2.05, 4.69) is 16.7 Å². The van der Waals surface area contributed by atoms with Gasteiger partial charge in [-0.25, -0.2) is 16.7 Å². The molecule has 8 aliphatic rings. The summed E-state index contributed by atoms with van der Waals surface area (Å²) in [7, 11) is -20.6. The van der Waals surface area contributed by atoms with Crippen LogP contribution < -0.4 is 28.7 Å². The summed E-state index contributed by atoms with van der Waals surface area (Å²) < 4.78 is 241. The van der Waals surface area contributed by atoms with Crippen LogP contribution in [0.25, 0.3) is 0 Å². The van der Waals surface area contributed by atoms with E-state index in [1.165, 1.54) is 0 Å². The lowest BCUT2D eigenvalue weighted by molar-refractivity contribution is -0.350. The van der Waals surface area contributed by atoms with Gasteiger partial charge in [-0.3, -0.25) is 18.2 Å². The molecule has 32 atom stereocenters. The first-order valence-electron chi connectivity index (χ1n) is 31.0. The Kier molecular flexibility index (Phi) is 30.4. The standard InChI is InChI=1S/C49H89N5O41S4/c50-4-2-1-3-5-76-30-6-18(55)22(10-77-30)86-47-35(52)40(61)43(27(90-47)15-82-97(67,68)69)94-32-8-20(57)24(12-79-32)88-49-37(54)42(63)45(29(92-49)17-84-99(73,74)75)95-33-9-21(58)25(13-80-33)87-48-36(53)41(62)44(28(91-48)16-83-98(70,71)72)93-31-7-19(56)23(11-78-31)85-46-34(51)39(60)38(59)26(89-46)14-81-96(64,65)66/h18-49,55-63H,1-17,50-54H2,(H,64,65,66)(H,67,68,69)(H,70,71,72)(H,73,74,75)/t18-,19-,20-,21-,22+,23+,24+,25+,26?,27?,28?,29?,30+,31-,32-,33-,34?,35?,36?,37?,38+,39+,40+,41+,42+,43+,44+,45+,46-,47-,48-,49-/m0/s1. The summed E-state index contributed by atoms with van der Waals surface area (Å²) in [6.45, 7) is -5.26. The molecule has 0 saturated carbocycles. The molecule has 0 radical (unpaired) electrons. The molecule has 0 aromatic carbocycles. The van der Waals surface area contributed by atoms with Crippen LogP contribution in [0.3, 0.4) is 0 Å². The molecule has 0 spiro atoms. The van der Waals surface area contributed by atoms with Gasteiger partial charge in [0.2, 0.25) is 0 Å². The quantitative estimate of drug-likeness (QED) is 0.0220. The number of rotatable bonds is 32. The number of nitrogens with two attached hydrogens (primary N) is 5. The zero-order valence-corrected chi connectivity index (χ0v) is 55.5. The van der Waals surface area contributed by atoms with E-state index in [1.807, 2.05) is 0 Å². The first-order chi connectivity index (χ1) is 46.3. The highest BCUT2D eigenvalue weighted by Gasteiger charge is 2.54. The summed E-state index contributed by atoms with van der Waals surface area (Å²) in [4.78, 5) is 0. The van der Waals surface area contributed by atoms with Gasteiger partial charge in [-0.2, -0.15) is 33.7 Å². The predicted octanol–water partition coefficient (Wildman–Crippen LogP) is -11.5. The molecule has 580 valence electrons. The van der Waals surface area contributed by atoms with E-state index in [1.54, 1.807) is 0 Å². The van der Waals surface area contributed by atoms with E-state index < -0.39 is 304 Å². The van der Waals surface area contributed by atoms with Crippen LogP contribution in [-0.2, 0) is 134 Å². The molecule has 8 saturated heterocycles. The minimum Gasteiger partial charge on any atom is -0.390 e. The lowest BCUT2D eigenvalue weighted by Crippen LogP contribution is -2.66. The molecule has 0 bridgehead atoms. The Balaban J connectivity index is 0.829. The molecule has 8 rings (SSSR count). The van der Waals surface area contributed by atoms with E-state index in [4.69, 9.17) is 109 Å². The zero-order chi connectivity index (χ0) is 72.6. The lowest BCUT2D eigenvalue weighted by atomic mass is 9.96. The number of aliphatic hydroxyl groups is 9. The smallest absolute Gasteiger partial charge is 0.390 e. The summed E-state index contributed by atoms with van der Waals surface area (Å²) in [5.74, 6) is 0. The number of ether oxygens (including phenoxy) is 16. The van der Waals surface area contributed by atoms with E-state index in [-0.39, 0.29) is 13.0 Å². The average Bonchev–Trinajstić information content (AvgIpc) is 0.801. The van der Waals surface area contributed by atoms with Crippen molar-refractivity contribution < 1.29 is 190 Å². The minimum atomic E-state index is -5.23. The molecular weight excluding hydrogens is 1440 g/mol. The van der Waals surface area contributed by atoms with Crippen molar-refractivity contribution >= 4 is 41.6 Å². The summed E-state index contributed by atoms with van der Waals surface area (Å²) >= 11 is 0. The average molecular weight is 1530 g/mol. The summed E-state index contributed by atoms with van der Waals surface area (Å²) in [5.41, 5.74) is 30.5. The first-order valence-corrected chi connectivity index (χ1v) is 36.4. The molecule has 8 aliphatic heterocycles. The van der Waals surface area contributed by atoms with Crippen LogP contribution in [0.15, 0.2) is 0 Å². The molecule has 50 heteroatoms. The molecule has 0 aliphatic carbocycles. The monoisotopic (exact) mass is 1530 g/mol. The van der Waals surface area contributed by atoms with Gasteiger partial charge in [-0.1, -0.05) is 0 Å². The maximum absolute atomic E-state index is 11.8. The lowest BCUT2D eigenvalue weighted by Gasteiger charge is -2.47. The van der Waals surface area contributed by atoms with Crippen molar-refractivity contribution in [1.29, 1.82) is 0 Å². The second-order valence-corrected chi connectivity index (χ2v) is 28.6. The van der Waals surface area contributed by atoms with Gasteiger partial charge in [0.15, 0.2) is 50.3 Å². The van der Waals surface area contributed by atoms with Gasteiger partial charge in [-0.15, -0.1) is 0 Å². The van der Waals surface area contributed by atoms with Crippen molar-refractivity contribution in [2.45, 2.75) is 242 Å². The van der Waals surface area contributed by atoms with Gasteiger partial charge < -0.3 is 150 Å². The fourth-order valence-electron chi connectivity index (χ4n) is 11.6. The van der Waals surface area contributed by atoms with Gasteiger partial charge in [0, 0.05) is 32.3 Å². The van der Waals surface area contributed by atoms with Crippen LogP contribution in [0, 0.1) is 0 Å². The number of hydrogen-bond acceptors (Lipinski definition) is 42. The van der Waals surface area contributed by atoms with Crippen molar-refractivity contribution in [3.8, 4) is 0 Å². The Labute approximate surface area is 566 Å². The van der Waals surface area contributed by atoms with Gasteiger partial charge in [0.1, 0.15) is 97.7 Å². The Hall–Kier alpha value is -1.72. The van der Waals surface area contributed by atoms with Gasteiger partial charge >= 0.3 is 41.6 Å². The Morgan fingerprint density at radius 2 is 0.616 bits per heavy atom. The molecule has 23 N–H and O–H groups in total. The first kappa shape index (κ1) is 82.9. The SMILES string of the molecule is NCCCCCO[C@H]1C[C@H](O)[C@H](O[C@H]2OC(COS(=O)(=O)O)[C@@H](O[C@H]3C[C@H](O)[C@H](O[C@H]4OC(COS(=O)(=O)O)[C@@H](O[C@H]5C[C@H](O)[C@H](O[C@H]6OC(COS(=O)(=O)O)[C@@H](O[C@H]7C[C@H](O)[C@H](O[C@H]8OC(COS(=O)(=O)O)[C@@H](O)[C@H](O)C8N)CO7)[C@H](O)C6N)CO5)[C@H](O)C4N)CO3)[C@H](O)C2N)CO1. The van der Waals surface area contributed by atoms with Crippen LogP contribution >= 0.6 is 0 Å². The third-order valence-corrected chi connectivity index (χ3v) is 18.7.